The number of carbonyl (C=O) groups excluding carboxylic acids is 3. The number of hydrogen-bond donors (Lipinski definition) is 0. The standard InChI is InChI=1S/C29H37N5O5/c1-32-23(21-11-5-7-13-30-21)28(26(36)38-2)19-34(18-17-33-15-9-4-10-16-33)20-29(25(28)35,27(37)39-3)24(32)22-12-6-8-14-31-22/h5-8,11-14,23-24H,4,9-10,15-20H2,1-3H3/t23-,24+,28-,29+. The minimum atomic E-state index is -1.70. The highest BCUT2D eigenvalue weighted by Gasteiger charge is 2.75. The van der Waals surface area contributed by atoms with E-state index in [4.69, 9.17) is 9.47 Å². The summed E-state index contributed by atoms with van der Waals surface area (Å²) < 4.78 is 10.7. The fraction of sp³-hybridized carbons (Fsp3) is 0.552. The SMILES string of the molecule is COC(=O)[C@]12CN(CCN3CCCCC3)C[C@](C(=O)OC)(C1=O)[C@@H](c1ccccn1)N(C)[C@H]2c1ccccn1. The van der Waals surface area contributed by atoms with Crippen LogP contribution in [0, 0.1) is 10.8 Å². The maximum atomic E-state index is 14.9. The number of ketones is 1. The molecule has 3 fully saturated rings. The summed E-state index contributed by atoms with van der Waals surface area (Å²) in [7, 11) is 4.40. The molecule has 208 valence electrons. The molecular weight excluding hydrogens is 498 g/mol. The van der Waals surface area contributed by atoms with Crippen LogP contribution in [0.4, 0.5) is 0 Å². The van der Waals surface area contributed by atoms with Gasteiger partial charge in [0.25, 0.3) is 0 Å². The maximum Gasteiger partial charge on any atom is 0.322 e. The summed E-state index contributed by atoms with van der Waals surface area (Å²) >= 11 is 0. The molecule has 0 amide bonds. The summed E-state index contributed by atoms with van der Waals surface area (Å²) in [6, 6.07) is 9.29. The second-order valence-electron chi connectivity index (χ2n) is 10.8. The molecule has 4 atom stereocenters. The van der Waals surface area contributed by atoms with E-state index in [0.29, 0.717) is 17.9 Å². The molecule has 2 aromatic heterocycles. The highest BCUT2D eigenvalue weighted by atomic mass is 16.5. The first kappa shape index (κ1) is 27.4. The zero-order chi connectivity index (χ0) is 27.6. The molecule has 0 radical (unpaired) electrons. The molecule has 3 aliphatic rings. The van der Waals surface area contributed by atoms with E-state index in [1.54, 1.807) is 24.5 Å². The molecule has 0 spiro atoms. The number of carbonyl (C=O) groups is 3. The van der Waals surface area contributed by atoms with Gasteiger partial charge in [-0.05, 0) is 57.2 Å². The number of pyridine rings is 2. The van der Waals surface area contributed by atoms with Gasteiger partial charge < -0.3 is 14.4 Å². The van der Waals surface area contributed by atoms with Gasteiger partial charge in [0.05, 0.1) is 37.7 Å². The summed E-state index contributed by atoms with van der Waals surface area (Å²) in [4.78, 5) is 58.2. The third-order valence-electron chi connectivity index (χ3n) is 8.72. The molecule has 0 saturated carbocycles. The molecule has 2 aromatic rings. The molecule has 5 rings (SSSR count). The van der Waals surface area contributed by atoms with Gasteiger partial charge >= 0.3 is 11.9 Å². The van der Waals surface area contributed by atoms with E-state index in [1.165, 1.54) is 20.6 Å². The quantitative estimate of drug-likeness (QED) is 0.386. The lowest BCUT2D eigenvalue weighted by atomic mass is 9.54. The van der Waals surface area contributed by atoms with Crippen molar-refractivity contribution >= 4 is 17.7 Å². The van der Waals surface area contributed by atoms with Gasteiger partial charge in [-0.15, -0.1) is 0 Å². The van der Waals surface area contributed by atoms with Crippen molar-refractivity contribution in [3.05, 3.63) is 60.2 Å². The highest BCUT2D eigenvalue weighted by Crippen LogP contribution is 2.60. The Hall–Kier alpha value is -3.21. The van der Waals surface area contributed by atoms with Crippen molar-refractivity contribution in [3.63, 3.8) is 0 Å². The van der Waals surface area contributed by atoms with Crippen LogP contribution in [-0.2, 0) is 23.9 Å². The average Bonchev–Trinajstić information content (AvgIpc) is 2.98. The Morgan fingerprint density at radius 3 is 1.74 bits per heavy atom. The number of hydrogen-bond acceptors (Lipinski definition) is 10. The number of aromatic nitrogens is 2. The van der Waals surface area contributed by atoms with E-state index >= 15 is 0 Å². The minimum absolute atomic E-state index is 0.117. The van der Waals surface area contributed by atoms with Crippen molar-refractivity contribution < 1.29 is 23.9 Å². The molecule has 10 heteroatoms. The number of Topliss-reactive ketones (excluding diaryl/α,β-unsaturated/α-hetero) is 1. The number of piperidine rings is 3. The Morgan fingerprint density at radius 2 is 1.31 bits per heavy atom. The summed E-state index contributed by atoms with van der Waals surface area (Å²) in [6.07, 6.45) is 6.84. The monoisotopic (exact) mass is 535 g/mol. The third-order valence-corrected chi connectivity index (χ3v) is 8.72. The van der Waals surface area contributed by atoms with Crippen molar-refractivity contribution in [2.75, 3.05) is 60.5 Å². The first-order valence-electron chi connectivity index (χ1n) is 13.6. The molecule has 0 aromatic carbocycles. The van der Waals surface area contributed by atoms with Crippen LogP contribution < -0.4 is 0 Å². The number of esters is 2. The lowest BCUT2D eigenvalue weighted by Gasteiger charge is -2.60. The zero-order valence-corrected chi connectivity index (χ0v) is 22.9. The predicted octanol–water partition coefficient (Wildman–Crippen LogP) is 1.89. The molecule has 39 heavy (non-hydrogen) atoms. The Morgan fingerprint density at radius 1 is 0.821 bits per heavy atom. The smallest absolute Gasteiger partial charge is 0.322 e. The second-order valence-corrected chi connectivity index (χ2v) is 10.8. The van der Waals surface area contributed by atoms with Crippen LogP contribution in [-0.4, -0.2) is 103 Å². The largest absolute Gasteiger partial charge is 0.468 e. The predicted molar refractivity (Wildman–Crippen MR) is 142 cm³/mol. The van der Waals surface area contributed by atoms with Crippen molar-refractivity contribution in [2.24, 2.45) is 10.8 Å². The van der Waals surface area contributed by atoms with Gasteiger partial charge in [-0.2, -0.15) is 0 Å². The number of fused-ring (bicyclic) bond motifs is 2. The fourth-order valence-electron chi connectivity index (χ4n) is 7.09. The number of ether oxygens (including phenoxy) is 2. The third kappa shape index (κ3) is 4.44. The molecule has 3 aliphatic heterocycles. The van der Waals surface area contributed by atoms with Gasteiger partial charge in [-0.25, -0.2) is 0 Å². The zero-order valence-electron chi connectivity index (χ0n) is 22.9. The molecule has 2 bridgehead atoms. The molecule has 5 heterocycles. The van der Waals surface area contributed by atoms with E-state index in [2.05, 4.69) is 19.8 Å². The Balaban J connectivity index is 1.70. The number of methoxy groups -OCH3 is 2. The minimum Gasteiger partial charge on any atom is -0.468 e. The van der Waals surface area contributed by atoms with Gasteiger partial charge in [0, 0.05) is 38.6 Å². The van der Waals surface area contributed by atoms with E-state index in [1.807, 2.05) is 36.2 Å². The Bertz CT molecular complexity index is 1110. The fourth-order valence-corrected chi connectivity index (χ4v) is 7.09. The Labute approximate surface area is 229 Å². The molecule has 10 nitrogen and oxygen atoms in total. The molecule has 3 saturated heterocycles. The van der Waals surface area contributed by atoms with E-state index < -0.39 is 40.6 Å². The van der Waals surface area contributed by atoms with Crippen molar-refractivity contribution in [1.82, 2.24) is 24.7 Å². The number of likely N-dealkylation sites (tertiary alicyclic amines) is 3. The van der Waals surface area contributed by atoms with E-state index in [0.717, 1.165) is 32.5 Å². The second kappa shape index (κ2) is 11.1. The average molecular weight is 536 g/mol. The van der Waals surface area contributed by atoms with Crippen molar-refractivity contribution in [3.8, 4) is 0 Å². The van der Waals surface area contributed by atoms with Crippen LogP contribution in [0.3, 0.4) is 0 Å². The van der Waals surface area contributed by atoms with Gasteiger partial charge in [0.1, 0.15) is 0 Å². The van der Waals surface area contributed by atoms with E-state index in [-0.39, 0.29) is 13.1 Å². The van der Waals surface area contributed by atoms with Crippen LogP contribution in [0.15, 0.2) is 48.8 Å². The topological polar surface area (TPSA) is 105 Å². The van der Waals surface area contributed by atoms with Crippen molar-refractivity contribution in [1.29, 1.82) is 0 Å². The summed E-state index contributed by atoms with van der Waals surface area (Å²) in [5.41, 5.74) is -2.29. The van der Waals surface area contributed by atoms with Crippen LogP contribution in [0.1, 0.15) is 42.7 Å². The van der Waals surface area contributed by atoms with Crippen LogP contribution in [0.5, 0.6) is 0 Å². The van der Waals surface area contributed by atoms with Crippen LogP contribution in [0.2, 0.25) is 0 Å². The first-order chi connectivity index (χ1) is 18.9. The lowest BCUT2D eigenvalue weighted by molar-refractivity contribution is -0.204. The molecule has 0 aliphatic carbocycles. The van der Waals surface area contributed by atoms with Crippen LogP contribution in [0.25, 0.3) is 0 Å². The van der Waals surface area contributed by atoms with Gasteiger partial charge in [0.15, 0.2) is 16.6 Å². The Kier molecular flexibility index (Phi) is 7.80. The van der Waals surface area contributed by atoms with Gasteiger partial charge in [-0.3, -0.25) is 34.2 Å². The summed E-state index contributed by atoms with van der Waals surface area (Å²) in [5.74, 6) is -1.84. The number of nitrogens with zero attached hydrogens (tertiary/aromatic N) is 5. The van der Waals surface area contributed by atoms with E-state index in [9.17, 15) is 14.4 Å². The highest BCUT2D eigenvalue weighted by molar-refractivity contribution is 6.17. The van der Waals surface area contributed by atoms with Gasteiger partial charge in [0.2, 0.25) is 0 Å². The lowest BCUT2D eigenvalue weighted by Crippen LogP contribution is -2.75. The normalized spacial score (nSPS) is 30.1. The molecule has 0 unspecified atom stereocenters. The molecular formula is C29H37N5O5. The van der Waals surface area contributed by atoms with Gasteiger partial charge in [-0.1, -0.05) is 18.6 Å². The first-order valence-corrected chi connectivity index (χ1v) is 13.6. The maximum absolute atomic E-state index is 14.9. The molecule has 0 N–H and O–H groups in total. The summed E-state index contributed by atoms with van der Waals surface area (Å²) in [6.45, 7) is 3.65. The van der Waals surface area contributed by atoms with Crippen LogP contribution >= 0.6 is 0 Å². The number of rotatable bonds is 7. The van der Waals surface area contributed by atoms with Crippen molar-refractivity contribution in [2.45, 2.75) is 31.3 Å². The summed E-state index contributed by atoms with van der Waals surface area (Å²) in [5, 5.41) is 0.